The van der Waals surface area contributed by atoms with Crippen LogP contribution in [-0.4, -0.2) is 39.6 Å². The number of nitrogen functional groups attached to an aromatic ring is 1. The molecule has 4 N–H and O–H groups in total. The highest BCUT2D eigenvalue weighted by atomic mass is 19.2. The van der Waals surface area contributed by atoms with E-state index in [2.05, 4.69) is 10.3 Å². The molecule has 1 aliphatic heterocycles. The van der Waals surface area contributed by atoms with Gasteiger partial charge in [0.25, 0.3) is 5.91 Å². The van der Waals surface area contributed by atoms with Crippen LogP contribution in [-0.2, 0) is 17.9 Å². The predicted octanol–water partition coefficient (Wildman–Crippen LogP) is 1.59. The van der Waals surface area contributed by atoms with E-state index in [0.29, 0.717) is 31.7 Å². The number of carbonyl (C=O) groups is 1. The molecular formula is C19H22F2N4O2. The molecule has 2 heterocycles. The van der Waals surface area contributed by atoms with Gasteiger partial charge < -0.3 is 21.1 Å². The fraction of sp³-hybridized carbons (Fsp3) is 0.368. The monoisotopic (exact) mass is 376 g/mol. The molecule has 1 saturated heterocycles. The van der Waals surface area contributed by atoms with E-state index in [0.717, 1.165) is 11.6 Å². The number of benzene rings is 1. The number of hydrogen-bond acceptors (Lipinski definition) is 5. The van der Waals surface area contributed by atoms with Crippen molar-refractivity contribution in [1.82, 2.24) is 15.2 Å². The summed E-state index contributed by atoms with van der Waals surface area (Å²) < 4.78 is 27.3. The molecule has 1 aliphatic rings. The van der Waals surface area contributed by atoms with Crippen molar-refractivity contribution in [3.63, 3.8) is 0 Å². The van der Waals surface area contributed by atoms with Crippen molar-refractivity contribution in [3.8, 4) is 0 Å². The average Bonchev–Trinajstić information content (AvgIpc) is 2.64. The van der Waals surface area contributed by atoms with Crippen LogP contribution in [0.5, 0.6) is 0 Å². The number of halogens is 2. The summed E-state index contributed by atoms with van der Waals surface area (Å²) in [6, 6.07) is 7.42. The van der Waals surface area contributed by atoms with Crippen molar-refractivity contribution in [2.24, 2.45) is 0 Å². The summed E-state index contributed by atoms with van der Waals surface area (Å²) in [6.07, 6.45) is 2.44. The molecule has 1 aromatic heterocycles. The van der Waals surface area contributed by atoms with Crippen LogP contribution in [0.2, 0.25) is 0 Å². The summed E-state index contributed by atoms with van der Waals surface area (Å²) >= 11 is 0. The van der Waals surface area contributed by atoms with Gasteiger partial charge in [0.15, 0.2) is 17.2 Å². The van der Waals surface area contributed by atoms with Gasteiger partial charge >= 0.3 is 0 Å². The van der Waals surface area contributed by atoms with Gasteiger partial charge in [-0.3, -0.25) is 4.79 Å². The number of aromatic nitrogens is 1. The molecule has 1 unspecified atom stereocenters. The molecule has 0 bridgehead atoms. The Balaban J connectivity index is 1.64. The third-order valence-electron chi connectivity index (χ3n) is 4.76. The number of pyridine rings is 1. The van der Waals surface area contributed by atoms with Gasteiger partial charge in [0.1, 0.15) is 5.82 Å². The first-order chi connectivity index (χ1) is 12.9. The molecule has 6 nitrogen and oxygen atoms in total. The summed E-state index contributed by atoms with van der Waals surface area (Å²) in [6.45, 7) is 0.684. The Morgan fingerprint density at radius 1 is 1.26 bits per heavy atom. The molecule has 2 aromatic rings. The molecular weight excluding hydrogens is 354 g/mol. The average molecular weight is 376 g/mol. The van der Waals surface area contributed by atoms with Crippen LogP contribution < -0.4 is 11.1 Å². The van der Waals surface area contributed by atoms with Gasteiger partial charge in [-0.2, -0.15) is 0 Å². The molecule has 1 atom stereocenters. The maximum Gasteiger partial charge on any atom is 0.256 e. The highest BCUT2D eigenvalue weighted by molar-refractivity contribution is 5.86. The summed E-state index contributed by atoms with van der Waals surface area (Å²) in [5.41, 5.74) is 5.03. The van der Waals surface area contributed by atoms with Crippen molar-refractivity contribution in [2.75, 3.05) is 18.8 Å². The number of rotatable bonds is 6. The van der Waals surface area contributed by atoms with Crippen LogP contribution in [0.1, 0.15) is 24.0 Å². The summed E-state index contributed by atoms with van der Waals surface area (Å²) in [4.78, 5) is 18.1. The molecule has 0 spiro atoms. The molecule has 0 radical (unpaired) electrons. The summed E-state index contributed by atoms with van der Waals surface area (Å²) in [7, 11) is 0. The minimum absolute atomic E-state index is 0.0301. The van der Waals surface area contributed by atoms with Crippen LogP contribution in [0.15, 0.2) is 36.5 Å². The van der Waals surface area contributed by atoms with Crippen molar-refractivity contribution in [2.45, 2.75) is 31.5 Å². The molecule has 0 aliphatic carbocycles. The van der Waals surface area contributed by atoms with E-state index in [-0.39, 0.29) is 18.7 Å². The van der Waals surface area contributed by atoms with Gasteiger partial charge in [-0.05, 0) is 25.0 Å². The van der Waals surface area contributed by atoms with E-state index in [9.17, 15) is 18.7 Å². The number of nitrogens with one attached hydrogen (secondary N) is 1. The molecule has 1 fully saturated rings. The number of likely N-dealkylation sites (tertiary alicyclic amines) is 1. The van der Waals surface area contributed by atoms with Crippen LogP contribution in [0.4, 0.5) is 14.6 Å². The number of aliphatic hydroxyl groups is 1. The Labute approximate surface area is 156 Å². The Kier molecular flexibility index (Phi) is 5.67. The number of carbonyl (C=O) groups excluding carboxylic acids is 1. The quantitative estimate of drug-likeness (QED) is 0.712. The SMILES string of the molecule is Nc1ncccc1CNCC1(O)CCCN(Cc2cccc(F)c2F)C1=O. The number of amides is 1. The van der Waals surface area contributed by atoms with Crippen molar-refractivity contribution < 1.29 is 18.7 Å². The molecule has 144 valence electrons. The van der Waals surface area contributed by atoms with Gasteiger partial charge in [-0.25, -0.2) is 13.8 Å². The third kappa shape index (κ3) is 4.23. The Morgan fingerprint density at radius 3 is 2.81 bits per heavy atom. The zero-order valence-corrected chi connectivity index (χ0v) is 14.8. The normalized spacial score (nSPS) is 20.1. The van der Waals surface area contributed by atoms with Crippen LogP contribution >= 0.6 is 0 Å². The first-order valence-electron chi connectivity index (χ1n) is 8.75. The summed E-state index contributed by atoms with van der Waals surface area (Å²) in [5.74, 6) is -2.04. The number of nitrogens with zero attached hydrogens (tertiary/aromatic N) is 2. The van der Waals surface area contributed by atoms with E-state index >= 15 is 0 Å². The van der Waals surface area contributed by atoms with Gasteiger partial charge in [-0.15, -0.1) is 0 Å². The van der Waals surface area contributed by atoms with E-state index in [1.165, 1.54) is 17.0 Å². The summed E-state index contributed by atoms with van der Waals surface area (Å²) in [5, 5.41) is 13.8. The number of piperidine rings is 1. The van der Waals surface area contributed by atoms with E-state index in [1.807, 2.05) is 0 Å². The minimum atomic E-state index is -1.60. The zero-order valence-electron chi connectivity index (χ0n) is 14.8. The Hall–Kier alpha value is -2.58. The fourth-order valence-electron chi connectivity index (χ4n) is 3.26. The Bertz CT molecular complexity index is 833. The maximum absolute atomic E-state index is 13.9. The Morgan fingerprint density at radius 2 is 2.04 bits per heavy atom. The number of nitrogens with two attached hydrogens (primary N) is 1. The number of hydrogen-bond donors (Lipinski definition) is 3. The second-order valence-electron chi connectivity index (χ2n) is 6.73. The van der Waals surface area contributed by atoms with Gasteiger partial charge in [0.05, 0.1) is 0 Å². The zero-order chi connectivity index (χ0) is 19.4. The number of anilines is 1. The van der Waals surface area contributed by atoms with Gasteiger partial charge in [-0.1, -0.05) is 18.2 Å². The van der Waals surface area contributed by atoms with Crippen molar-refractivity contribution >= 4 is 11.7 Å². The fourth-order valence-corrected chi connectivity index (χ4v) is 3.26. The lowest BCUT2D eigenvalue weighted by Crippen LogP contribution is -2.57. The van der Waals surface area contributed by atoms with Crippen molar-refractivity contribution in [1.29, 1.82) is 0 Å². The second-order valence-corrected chi connectivity index (χ2v) is 6.73. The van der Waals surface area contributed by atoms with Crippen molar-refractivity contribution in [3.05, 3.63) is 59.3 Å². The van der Waals surface area contributed by atoms with E-state index < -0.39 is 23.1 Å². The van der Waals surface area contributed by atoms with Crippen LogP contribution in [0.25, 0.3) is 0 Å². The lowest BCUT2D eigenvalue weighted by molar-refractivity contribution is -0.157. The second kappa shape index (κ2) is 7.98. The van der Waals surface area contributed by atoms with Crippen LogP contribution in [0.3, 0.4) is 0 Å². The van der Waals surface area contributed by atoms with E-state index in [4.69, 9.17) is 5.73 Å². The lowest BCUT2D eigenvalue weighted by atomic mass is 9.91. The van der Waals surface area contributed by atoms with E-state index in [1.54, 1.807) is 18.3 Å². The molecule has 8 heteroatoms. The molecule has 1 aromatic carbocycles. The maximum atomic E-state index is 13.9. The highest BCUT2D eigenvalue weighted by Crippen LogP contribution is 2.25. The minimum Gasteiger partial charge on any atom is -0.383 e. The predicted molar refractivity (Wildman–Crippen MR) is 96.3 cm³/mol. The van der Waals surface area contributed by atoms with Crippen LogP contribution in [0, 0.1) is 11.6 Å². The smallest absolute Gasteiger partial charge is 0.256 e. The van der Waals surface area contributed by atoms with Gasteiger partial charge in [0.2, 0.25) is 0 Å². The molecule has 3 rings (SSSR count). The largest absolute Gasteiger partial charge is 0.383 e. The standard InChI is InChI=1S/C19H22F2N4O2/c20-15-6-1-4-14(16(15)21)11-25-9-3-7-19(27,18(25)26)12-23-10-13-5-2-8-24-17(13)22/h1-2,4-6,8,23,27H,3,7,9-12H2,(H2,22,24). The third-order valence-corrected chi connectivity index (χ3v) is 4.76. The van der Waals surface area contributed by atoms with Gasteiger partial charge in [0, 0.05) is 43.5 Å². The molecule has 1 amide bonds. The molecule has 27 heavy (non-hydrogen) atoms. The topological polar surface area (TPSA) is 91.5 Å². The lowest BCUT2D eigenvalue weighted by Gasteiger charge is -2.38. The highest BCUT2D eigenvalue weighted by Gasteiger charge is 2.42. The molecule has 0 saturated carbocycles. The first-order valence-corrected chi connectivity index (χ1v) is 8.75. The first kappa shape index (κ1) is 19.2.